The molecule has 1 aliphatic heterocycles. The normalized spacial score (nSPS) is 18.2. The molecule has 94 valence electrons. The lowest BCUT2D eigenvalue weighted by molar-refractivity contribution is 0.0517. The molecule has 2 rings (SSSR count). The number of aromatic nitrogens is 3. The van der Waals surface area contributed by atoms with Gasteiger partial charge in [-0.3, -0.25) is 0 Å². The number of esters is 1. The lowest BCUT2D eigenvalue weighted by atomic mass is 9.92. The molecule has 0 spiro atoms. The van der Waals surface area contributed by atoms with Crippen molar-refractivity contribution in [3.8, 4) is 0 Å². The summed E-state index contributed by atoms with van der Waals surface area (Å²) in [4.78, 5) is 14.0. The number of likely N-dealkylation sites (tertiary alicyclic amines) is 1. The minimum Gasteiger partial charge on any atom is -0.461 e. The molecular weight excluding hydrogens is 220 g/mol. The van der Waals surface area contributed by atoms with Gasteiger partial charge >= 0.3 is 5.97 Å². The fourth-order valence-corrected chi connectivity index (χ4v) is 2.16. The maximum atomic E-state index is 11.7. The number of piperidine rings is 1. The Morgan fingerprint density at radius 3 is 2.82 bits per heavy atom. The molecule has 17 heavy (non-hydrogen) atoms. The smallest absolute Gasteiger partial charge is 0.360 e. The van der Waals surface area contributed by atoms with E-state index in [9.17, 15) is 4.79 Å². The molecule has 1 saturated heterocycles. The van der Waals surface area contributed by atoms with E-state index in [1.165, 1.54) is 0 Å². The van der Waals surface area contributed by atoms with Crippen LogP contribution in [-0.4, -0.2) is 53.0 Å². The topological polar surface area (TPSA) is 71.1 Å². The van der Waals surface area contributed by atoms with Crippen molar-refractivity contribution in [3.05, 3.63) is 11.4 Å². The predicted molar refractivity (Wildman–Crippen MR) is 61.8 cm³/mol. The van der Waals surface area contributed by atoms with Crippen LogP contribution in [0, 0.1) is 0 Å². The molecule has 1 fully saturated rings. The summed E-state index contributed by atoms with van der Waals surface area (Å²) in [6, 6.07) is 0. The van der Waals surface area contributed by atoms with Crippen molar-refractivity contribution in [1.82, 2.24) is 20.3 Å². The molecule has 6 heteroatoms. The maximum Gasteiger partial charge on any atom is 0.360 e. The van der Waals surface area contributed by atoms with E-state index in [2.05, 4.69) is 27.4 Å². The van der Waals surface area contributed by atoms with E-state index < -0.39 is 0 Å². The highest BCUT2D eigenvalue weighted by Crippen LogP contribution is 2.27. The molecule has 0 aliphatic carbocycles. The number of H-pyrrole nitrogens is 1. The molecule has 1 aromatic heterocycles. The molecule has 6 nitrogen and oxygen atoms in total. The van der Waals surface area contributed by atoms with Crippen LogP contribution in [0.15, 0.2) is 0 Å². The van der Waals surface area contributed by atoms with Crippen LogP contribution in [0.4, 0.5) is 0 Å². The van der Waals surface area contributed by atoms with E-state index in [-0.39, 0.29) is 5.97 Å². The Hall–Kier alpha value is -1.43. The molecule has 1 N–H and O–H groups in total. The van der Waals surface area contributed by atoms with E-state index >= 15 is 0 Å². The van der Waals surface area contributed by atoms with Crippen LogP contribution >= 0.6 is 0 Å². The largest absolute Gasteiger partial charge is 0.461 e. The second-order valence-corrected chi connectivity index (χ2v) is 4.36. The summed E-state index contributed by atoms with van der Waals surface area (Å²) in [6.07, 6.45) is 2.02. The molecule has 0 atom stereocenters. The van der Waals surface area contributed by atoms with Gasteiger partial charge in [-0.1, -0.05) is 0 Å². The van der Waals surface area contributed by atoms with E-state index in [0.717, 1.165) is 31.6 Å². The van der Waals surface area contributed by atoms with Gasteiger partial charge in [0.15, 0.2) is 5.69 Å². The number of nitrogens with one attached hydrogen (secondary N) is 1. The van der Waals surface area contributed by atoms with Gasteiger partial charge in [-0.25, -0.2) is 4.79 Å². The average molecular weight is 238 g/mol. The van der Waals surface area contributed by atoms with Crippen LogP contribution in [-0.2, 0) is 4.74 Å². The second kappa shape index (κ2) is 5.27. The van der Waals surface area contributed by atoms with Crippen LogP contribution in [0.3, 0.4) is 0 Å². The minimum absolute atomic E-state index is 0.310. The van der Waals surface area contributed by atoms with Crippen molar-refractivity contribution in [1.29, 1.82) is 0 Å². The molecular formula is C11H18N4O2. The molecule has 0 bridgehead atoms. The van der Waals surface area contributed by atoms with Gasteiger partial charge in [0.25, 0.3) is 0 Å². The quantitative estimate of drug-likeness (QED) is 0.788. The summed E-state index contributed by atoms with van der Waals surface area (Å²) in [7, 11) is 2.10. The third kappa shape index (κ3) is 2.63. The van der Waals surface area contributed by atoms with Crippen LogP contribution in [0.1, 0.15) is 41.9 Å². The first kappa shape index (κ1) is 12.0. The van der Waals surface area contributed by atoms with E-state index in [0.29, 0.717) is 18.2 Å². The number of ether oxygens (including phenoxy) is 1. The number of carbonyl (C=O) groups excluding carboxylic acids is 1. The van der Waals surface area contributed by atoms with Crippen molar-refractivity contribution in [2.45, 2.75) is 25.7 Å². The zero-order chi connectivity index (χ0) is 12.3. The molecule has 1 aliphatic rings. The van der Waals surface area contributed by atoms with Crippen LogP contribution in [0.2, 0.25) is 0 Å². The van der Waals surface area contributed by atoms with Gasteiger partial charge in [-0.15, -0.1) is 5.10 Å². The standard InChI is InChI=1S/C11H18N4O2/c1-3-17-11(16)10-9(12-14-13-10)8-4-6-15(2)7-5-8/h8H,3-7H2,1-2H3,(H,12,13,14). The number of hydrogen-bond acceptors (Lipinski definition) is 5. The number of rotatable bonds is 3. The Labute approximate surface area is 100 Å². The molecule has 0 radical (unpaired) electrons. The van der Waals surface area contributed by atoms with Crippen molar-refractivity contribution in [2.24, 2.45) is 0 Å². The third-order valence-corrected chi connectivity index (χ3v) is 3.15. The Morgan fingerprint density at radius 2 is 2.18 bits per heavy atom. The van der Waals surface area contributed by atoms with Crippen LogP contribution < -0.4 is 0 Å². The van der Waals surface area contributed by atoms with E-state index in [4.69, 9.17) is 4.74 Å². The Kier molecular flexibility index (Phi) is 3.73. The predicted octanol–water partition coefficient (Wildman–Crippen LogP) is 0.791. The minimum atomic E-state index is -0.379. The van der Waals surface area contributed by atoms with Crippen molar-refractivity contribution < 1.29 is 9.53 Å². The van der Waals surface area contributed by atoms with Gasteiger partial charge in [-0.2, -0.15) is 10.3 Å². The molecule has 0 amide bonds. The van der Waals surface area contributed by atoms with Crippen LogP contribution in [0.5, 0.6) is 0 Å². The van der Waals surface area contributed by atoms with E-state index in [1.807, 2.05) is 0 Å². The molecule has 2 heterocycles. The van der Waals surface area contributed by atoms with Crippen molar-refractivity contribution in [2.75, 3.05) is 26.7 Å². The monoisotopic (exact) mass is 238 g/mol. The molecule has 0 aromatic carbocycles. The molecule has 0 unspecified atom stereocenters. The summed E-state index contributed by atoms with van der Waals surface area (Å²) >= 11 is 0. The lowest BCUT2D eigenvalue weighted by Gasteiger charge is -2.27. The third-order valence-electron chi connectivity index (χ3n) is 3.15. The fraction of sp³-hybridized carbons (Fsp3) is 0.727. The van der Waals surface area contributed by atoms with Gasteiger partial charge in [0.2, 0.25) is 0 Å². The summed E-state index contributed by atoms with van der Waals surface area (Å²) in [5, 5.41) is 10.5. The van der Waals surface area contributed by atoms with Gasteiger partial charge in [0.05, 0.1) is 6.61 Å². The summed E-state index contributed by atoms with van der Waals surface area (Å²) in [6.45, 7) is 4.20. The number of carbonyl (C=O) groups is 1. The maximum absolute atomic E-state index is 11.7. The van der Waals surface area contributed by atoms with Gasteiger partial charge in [0, 0.05) is 5.92 Å². The summed E-state index contributed by atoms with van der Waals surface area (Å²) < 4.78 is 4.97. The van der Waals surface area contributed by atoms with Crippen molar-refractivity contribution >= 4 is 5.97 Å². The van der Waals surface area contributed by atoms with E-state index in [1.54, 1.807) is 6.92 Å². The second-order valence-electron chi connectivity index (χ2n) is 4.36. The number of hydrogen-bond donors (Lipinski definition) is 1. The lowest BCUT2D eigenvalue weighted by Crippen LogP contribution is -2.30. The van der Waals surface area contributed by atoms with Gasteiger partial charge < -0.3 is 9.64 Å². The number of nitrogens with zero attached hydrogens (tertiary/aromatic N) is 3. The highest BCUT2D eigenvalue weighted by Gasteiger charge is 2.27. The highest BCUT2D eigenvalue weighted by atomic mass is 16.5. The van der Waals surface area contributed by atoms with Gasteiger partial charge in [-0.05, 0) is 39.9 Å². The Bertz CT molecular complexity index is 383. The molecule has 1 aromatic rings. The number of aromatic amines is 1. The molecule has 0 saturated carbocycles. The van der Waals surface area contributed by atoms with Gasteiger partial charge in [0.1, 0.15) is 5.69 Å². The van der Waals surface area contributed by atoms with Crippen LogP contribution in [0.25, 0.3) is 0 Å². The first-order valence-electron chi connectivity index (χ1n) is 5.98. The summed E-state index contributed by atoms with van der Waals surface area (Å²) in [5.74, 6) is -0.0699. The average Bonchev–Trinajstić information content (AvgIpc) is 2.79. The van der Waals surface area contributed by atoms with Crippen molar-refractivity contribution in [3.63, 3.8) is 0 Å². The summed E-state index contributed by atoms with van der Waals surface area (Å²) in [5.41, 5.74) is 1.11. The SMILES string of the molecule is CCOC(=O)c1n[nH]nc1C1CCN(C)CC1. The zero-order valence-corrected chi connectivity index (χ0v) is 10.3. The first-order chi connectivity index (χ1) is 8.22. The first-order valence-corrected chi connectivity index (χ1v) is 5.98. The Morgan fingerprint density at radius 1 is 1.47 bits per heavy atom. The zero-order valence-electron chi connectivity index (χ0n) is 10.3. The Balaban J connectivity index is 2.10. The fourth-order valence-electron chi connectivity index (χ4n) is 2.16. The highest BCUT2D eigenvalue weighted by molar-refractivity contribution is 5.88.